The first-order chi connectivity index (χ1) is 20.6. The summed E-state index contributed by atoms with van der Waals surface area (Å²) in [7, 11) is 0. The molecule has 2 fully saturated rings. The topological polar surface area (TPSA) is 95.9 Å². The number of benzene rings is 4. The Labute approximate surface area is 243 Å². The number of nitrogens with zero attached hydrogens (tertiary/aromatic N) is 4. The molecule has 3 heterocycles. The van der Waals surface area contributed by atoms with Crippen LogP contribution in [0.5, 0.6) is 0 Å². The summed E-state index contributed by atoms with van der Waals surface area (Å²) in [4.78, 5) is 13.8. The predicted octanol–water partition coefficient (Wildman–Crippen LogP) is 8.52. The van der Waals surface area contributed by atoms with Crippen molar-refractivity contribution in [1.29, 1.82) is 0 Å². The summed E-state index contributed by atoms with van der Waals surface area (Å²) in [6.07, 6.45) is 6.30. The van der Waals surface area contributed by atoms with Gasteiger partial charge in [0.1, 0.15) is 16.9 Å². The van der Waals surface area contributed by atoms with E-state index < -0.39 is 0 Å². The highest BCUT2D eigenvalue weighted by Gasteiger charge is 2.27. The number of aromatic nitrogens is 4. The number of rotatable bonds is 5. The molecule has 0 bridgehead atoms. The van der Waals surface area contributed by atoms with Crippen LogP contribution in [0, 0.1) is 12.8 Å². The van der Waals surface area contributed by atoms with Gasteiger partial charge in [0, 0.05) is 22.9 Å². The number of aryl methyl sites for hydroxylation is 1. The Bertz CT molecular complexity index is 2010. The summed E-state index contributed by atoms with van der Waals surface area (Å²) in [6.45, 7) is 2.08. The third-order valence-corrected chi connectivity index (χ3v) is 8.21. The minimum Gasteiger partial charge on any atom is -0.436 e. The van der Waals surface area contributed by atoms with Crippen LogP contribution in [-0.4, -0.2) is 19.5 Å². The molecule has 9 rings (SSSR count). The van der Waals surface area contributed by atoms with Gasteiger partial charge in [0.25, 0.3) is 0 Å². The van der Waals surface area contributed by atoms with E-state index in [1.54, 1.807) is 0 Å². The zero-order chi connectivity index (χ0) is 28.2. The van der Waals surface area contributed by atoms with E-state index in [2.05, 4.69) is 51.8 Å². The number of oxazole rings is 2. The van der Waals surface area contributed by atoms with Crippen molar-refractivity contribution in [3.63, 3.8) is 0 Å². The van der Waals surface area contributed by atoms with Gasteiger partial charge in [0.2, 0.25) is 11.8 Å². The Kier molecular flexibility index (Phi) is 5.84. The number of fused-ring (bicyclic) bond motifs is 3. The smallest absolute Gasteiger partial charge is 0.227 e. The SMILES string of the molecule is Cc1nc2cc(-c3nc4ccccc4o3)ccc2n1C1CC1.Nc1cc(-c2nc3ccccc3o2)ccc1CC1CC1. The summed E-state index contributed by atoms with van der Waals surface area (Å²) in [6, 6.07) is 28.7. The molecule has 42 heavy (non-hydrogen) atoms. The van der Waals surface area contributed by atoms with Crippen molar-refractivity contribution in [3.05, 3.63) is 96.3 Å². The molecule has 2 saturated carbocycles. The maximum absolute atomic E-state index is 6.16. The largest absolute Gasteiger partial charge is 0.436 e. The van der Waals surface area contributed by atoms with Gasteiger partial charge < -0.3 is 19.1 Å². The zero-order valence-electron chi connectivity index (χ0n) is 23.5. The quantitative estimate of drug-likeness (QED) is 0.215. The van der Waals surface area contributed by atoms with Crippen LogP contribution < -0.4 is 5.73 Å². The van der Waals surface area contributed by atoms with Crippen molar-refractivity contribution in [1.82, 2.24) is 19.5 Å². The lowest BCUT2D eigenvalue weighted by Crippen LogP contribution is -1.96. The molecule has 7 nitrogen and oxygen atoms in total. The molecule has 2 N–H and O–H groups in total. The summed E-state index contributed by atoms with van der Waals surface area (Å²) in [5, 5.41) is 0. The fraction of sp³-hybridized carbons (Fsp3) is 0.229. The lowest BCUT2D eigenvalue weighted by Gasteiger charge is -2.05. The molecular weight excluding hydrogens is 522 g/mol. The van der Waals surface area contributed by atoms with Gasteiger partial charge in [-0.2, -0.15) is 0 Å². The number of nitrogen functional groups attached to an aromatic ring is 1. The van der Waals surface area contributed by atoms with E-state index in [9.17, 15) is 0 Å². The van der Waals surface area contributed by atoms with Crippen molar-refractivity contribution >= 4 is 38.9 Å². The molecule has 7 aromatic rings. The standard InChI is InChI=1S/C18H15N3O.C17H16N2O/c1-11-19-15-10-12(6-9-16(15)21(11)13-7-8-13)18-20-14-4-2-3-5-17(14)22-18;18-14-10-13(8-7-12(14)9-11-5-6-11)17-19-15-3-1-2-4-16(15)20-17/h2-6,9-10,13H,7-8H2,1H3;1-4,7-8,10-11H,5-6,9,18H2. The van der Waals surface area contributed by atoms with E-state index in [1.165, 1.54) is 36.8 Å². The number of anilines is 1. The molecule has 0 atom stereocenters. The van der Waals surface area contributed by atoms with E-state index >= 15 is 0 Å². The van der Waals surface area contributed by atoms with Crippen LogP contribution in [0.2, 0.25) is 0 Å². The van der Waals surface area contributed by atoms with Gasteiger partial charge in [-0.1, -0.05) is 30.3 Å². The van der Waals surface area contributed by atoms with Crippen molar-refractivity contribution in [2.24, 2.45) is 5.92 Å². The molecule has 0 aliphatic heterocycles. The molecule has 3 aromatic heterocycles. The van der Waals surface area contributed by atoms with Crippen LogP contribution in [-0.2, 0) is 6.42 Å². The van der Waals surface area contributed by atoms with E-state index in [0.29, 0.717) is 17.8 Å². The second-order valence-electron chi connectivity index (χ2n) is 11.5. The number of para-hydroxylation sites is 4. The van der Waals surface area contributed by atoms with Crippen LogP contribution in [0.25, 0.3) is 56.1 Å². The van der Waals surface area contributed by atoms with E-state index in [1.807, 2.05) is 54.6 Å². The van der Waals surface area contributed by atoms with Crippen molar-refractivity contribution < 1.29 is 8.83 Å². The lowest BCUT2D eigenvalue weighted by atomic mass is 10.0. The first kappa shape index (κ1) is 24.9. The monoisotopic (exact) mass is 553 g/mol. The van der Waals surface area contributed by atoms with Crippen LogP contribution in [0.1, 0.15) is 43.1 Å². The Morgan fingerprint density at radius 3 is 1.93 bits per heavy atom. The van der Waals surface area contributed by atoms with E-state index in [4.69, 9.17) is 19.6 Å². The molecule has 4 aromatic carbocycles. The molecule has 0 amide bonds. The molecule has 0 saturated heterocycles. The third-order valence-electron chi connectivity index (χ3n) is 8.21. The average Bonchev–Trinajstić information content (AvgIpc) is 3.89. The molecular formula is C35H31N5O2. The van der Waals surface area contributed by atoms with E-state index in [0.717, 1.165) is 62.7 Å². The summed E-state index contributed by atoms with van der Waals surface area (Å²) >= 11 is 0. The van der Waals surface area contributed by atoms with Gasteiger partial charge in [-0.25, -0.2) is 15.0 Å². The first-order valence-corrected chi connectivity index (χ1v) is 14.7. The minimum absolute atomic E-state index is 0.635. The normalized spacial score (nSPS) is 14.9. The predicted molar refractivity (Wildman–Crippen MR) is 166 cm³/mol. The van der Waals surface area contributed by atoms with Crippen LogP contribution in [0.15, 0.2) is 93.8 Å². The van der Waals surface area contributed by atoms with Gasteiger partial charge >= 0.3 is 0 Å². The Morgan fingerprint density at radius 2 is 1.33 bits per heavy atom. The highest BCUT2D eigenvalue weighted by Crippen LogP contribution is 2.39. The highest BCUT2D eigenvalue weighted by atomic mass is 16.4. The van der Waals surface area contributed by atoms with Gasteiger partial charge in [-0.05, 0) is 105 Å². The second kappa shape index (κ2) is 9.87. The maximum Gasteiger partial charge on any atom is 0.227 e. The number of hydrogen-bond acceptors (Lipinski definition) is 6. The lowest BCUT2D eigenvalue weighted by molar-refractivity contribution is 0.619. The molecule has 2 aliphatic rings. The molecule has 0 spiro atoms. The van der Waals surface area contributed by atoms with Crippen molar-refractivity contribution in [3.8, 4) is 22.9 Å². The molecule has 0 radical (unpaired) electrons. The Balaban J connectivity index is 0.000000128. The average molecular weight is 554 g/mol. The Morgan fingerprint density at radius 1 is 0.714 bits per heavy atom. The second-order valence-corrected chi connectivity index (χ2v) is 11.5. The van der Waals surface area contributed by atoms with Crippen LogP contribution in [0.4, 0.5) is 5.69 Å². The maximum atomic E-state index is 6.16. The fourth-order valence-corrected chi connectivity index (χ4v) is 5.68. The van der Waals surface area contributed by atoms with Gasteiger partial charge in [0.05, 0.1) is 11.0 Å². The zero-order valence-corrected chi connectivity index (χ0v) is 23.5. The highest BCUT2D eigenvalue weighted by molar-refractivity contribution is 5.83. The Hall–Kier alpha value is -4.91. The van der Waals surface area contributed by atoms with Gasteiger partial charge in [0.15, 0.2) is 11.2 Å². The number of hydrogen-bond donors (Lipinski definition) is 1. The molecule has 0 unspecified atom stereocenters. The van der Waals surface area contributed by atoms with E-state index in [-0.39, 0.29) is 0 Å². The molecule has 2 aliphatic carbocycles. The van der Waals surface area contributed by atoms with Crippen molar-refractivity contribution in [2.75, 3.05) is 5.73 Å². The summed E-state index contributed by atoms with van der Waals surface area (Å²) in [5.41, 5.74) is 15.8. The van der Waals surface area contributed by atoms with Gasteiger partial charge in [-0.3, -0.25) is 0 Å². The minimum atomic E-state index is 0.635. The molecule has 7 heteroatoms. The van der Waals surface area contributed by atoms with Crippen LogP contribution in [0.3, 0.4) is 0 Å². The first-order valence-electron chi connectivity index (χ1n) is 14.7. The fourth-order valence-electron chi connectivity index (χ4n) is 5.68. The van der Waals surface area contributed by atoms with Crippen LogP contribution >= 0.6 is 0 Å². The van der Waals surface area contributed by atoms with Gasteiger partial charge in [-0.15, -0.1) is 0 Å². The molecule has 208 valence electrons. The number of nitrogens with two attached hydrogens (primary N) is 1. The number of imidazole rings is 1. The summed E-state index contributed by atoms with van der Waals surface area (Å²) in [5.74, 6) is 3.22. The van der Waals surface area contributed by atoms with Crippen molar-refractivity contribution in [2.45, 2.75) is 45.1 Å². The third kappa shape index (κ3) is 4.71. The summed E-state index contributed by atoms with van der Waals surface area (Å²) < 4.78 is 14.0.